The Labute approximate surface area is 146 Å². The average molecular weight is 350 g/mol. The highest BCUT2D eigenvalue weighted by atomic mass is 35.5. The molecule has 0 aromatic heterocycles. The van der Waals surface area contributed by atoms with Gasteiger partial charge in [0.25, 0.3) is 0 Å². The van der Waals surface area contributed by atoms with Crippen molar-refractivity contribution in [3.05, 3.63) is 59.1 Å². The second-order valence-corrected chi connectivity index (χ2v) is 6.39. The monoisotopic (exact) mass is 349 g/mol. The third kappa shape index (κ3) is 6.14. The number of rotatable bonds is 7. The minimum Gasteiger partial charge on any atom is -0.380 e. The van der Waals surface area contributed by atoms with Crippen molar-refractivity contribution < 1.29 is 4.74 Å². The molecule has 0 saturated carbocycles. The maximum absolute atomic E-state index is 5.94. The molecule has 0 amide bonds. The molecule has 0 saturated heterocycles. The number of hydrogen-bond donors (Lipinski definition) is 2. The van der Waals surface area contributed by atoms with E-state index in [0.29, 0.717) is 19.1 Å². The Hall–Kier alpha value is -1.69. The van der Waals surface area contributed by atoms with Gasteiger partial charge in [-0.25, -0.2) is 0 Å². The highest BCUT2D eigenvalue weighted by Gasteiger charge is 2.02. The number of nitrogens with zero attached hydrogens (tertiary/aromatic N) is 1. The highest BCUT2D eigenvalue weighted by Crippen LogP contribution is 2.20. The van der Waals surface area contributed by atoms with E-state index >= 15 is 0 Å². The zero-order valence-corrected chi connectivity index (χ0v) is 14.5. The van der Waals surface area contributed by atoms with Gasteiger partial charge < -0.3 is 15.8 Å². The van der Waals surface area contributed by atoms with Crippen LogP contribution in [0.3, 0.4) is 0 Å². The van der Waals surface area contributed by atoms with Crippen LogP contribution in [0.4, 0.5) is 5.69 Å². The Morgan fingerprint density at radius 2 is 1.96 bits per heavy atom. The quantitative estimate of drug-likeness (QED) is 0.343. The molecule has 2 aromatic carbocycles. The van der Waals surface area contributed by atoms with Crippen molar-refractivity contribution in [1.29, 1.82) is 0 Å². The minimum absolute atomic E-state index is 0.408. The fourth-order valence-electron chi connectivity index (χ4n) is 1.96. The minimum atomic E-state index is 0.408. The van der Waals surface area contributed by atoms with E-state index in [0.717, 1.165) is 22.0 Å². The van der Waals surface area contributed by atoms with Gasteiger partial charge in [0, 0.05) is 34.0 Å². The third-order valence-corrected chi connectivity index (χ3v) is 4.28. The number of hydrogen-bond acceptors (Lipinski definition) is 3. The number of aliphatic imine (C=N–C) groups is 1. The molecule has 0 fully saturated rings. The van der Waals surface area contributed by atoms with Crippen molar-refractivity contribution in [3.8, 4) is 0 Å². The van der Waals surface area contributed by atoms with Crippen LogP contribution in [0.15, 0.2) is 58.4 Å². The smallest absolute Gasteiger partial charge is 0.193 e. The summed E-state index contributed by atoms with van der Waals surface area (Å²) in [6.07, 6.45) is 0. The molecule has 3 N–H and O–H groups in total. The van der Waals surface area contributed by atoms with Gasteiger partial charge in [0.15, 0.2) is 5.96 Å². The fourth-order valence-corrected chi connectivity index (χ4v) is 2.83. The van der Waals surface area contributed by atoms with E-state index in [1.165, 1.54) is 4.90 Å². The van der Waals surface area contributed by atoms with E-state index in [-0.39, 0.29) is 0 Å². The normalized spacial score (nSPS) is 11.5. The van der Waals surface area contributed by atoms with E-state index in [2.05, 4.69) is 10.3 Å². The first-order chi connectivity index (χ1) is 11.2. The number of anilines is 1. The fraction of sp³-hybridized carbons (Fsp3) is 0.235. The van der Waals surface area contributed by atoms with Crippen LogP contribution in [0.1, 0.15) is 5.56 Å². The van der Waals surface area contributed by atoms with Crippen molar-refractivity contribution in [3.63, 3.8) is 0 Å². The summed E-state index contributed by atoms with van der Waals surface area (Å²) in [6.45, 7) is 1.17. The number of ether oxygens (including phenoxy) is 1. The number of halogens is 1. The summed E-state index contributed by atoms with van der Waals surface area (Å²) in [5, 5.41) is 3.87. The van der Waals surface area contributed by atoms with Crippen LogP contribution in [-0.4, -0.2) is 25.4 Å². The number of para-hydroxylation sites is 1. The Morgan fingerprint density at radius 1 is 1.22 bits per heavy atom. The van der Waals surface area contributed by atoms with E-state index in [1.807, 2.05) is 48.5 Å². The van der Waals surface area contributed by atoms with Crippen LogP contribution >= 0.6 is 23.4 Å². The average Bonchev–Trinajstić information content (AvgIpc) is 2.55. The maximum atomic E-state index is 5.94. The Kier molecular flexibility index (Phi) is 7.26. The second-order valence-electron chi connectivity index (χ2n) is 4.78. The number of thioether (sulfide) groups is 1. The van der Waals surface area contributed by atoms with Crippen molar-refractivity contribution in [1.82, 2.24) is 0 Å². The molecule has 6 heteroatoms. The molecule has 2 rings (SSSR count). The molecule has 2 aromatic rings. The number of guanidine groups is 1. The first-order valence-electron chi connectivity index (χ1n) is 7.21. The second kappa shape index (κ2) is 9.45. The summed E-state index contributed by atoms with van der Waals surface area (Å²) >= 11 is 7.58. The van der Waals surface area contributed by atoms with Crippen LogP contribution in [-0.2, 0) is 11.3 Å². The molecular formula is C17H20ClN3OS. The van der Waals surface area contributed by atoms with Crippen LogP contribution in [0, 0.1) is 0 Å². The van der Waals surface area contributed by atoms with Gasteiger partial charge in [0.1, 0.15) is 0 Å². The predicted molar refractivity (Wildman–Crippen MR) is 99.4 cm³/mol. The third-order valence-electron chi connectivity index (χ3n) is 3.04. The number of nitrogens with one attached hydrogen (secondary N) is 1. The Morgan fingerprint density at radius 3 is 2.70 bits per heavy atom. The molecule has 0 bridgehead atoms. The Bertz CT molecular complexity index is 647. The highest BCUT2D eigenvalue weighted by molar-refractivity contribution is 7.99. The molecule has 0 atom stereocenters. The van der Waals surface area contributed by atoms with E-state index in [1.54, 1.807) is 18.9 Å². The summed E-state index contributed by atoms with van der Waals surface area (Å²) in [6, 6.07) is 15.6. The molecule has 0 aliphatic heterocycles. The van der Waals surface area contributed by atoms with Crippen molar-refractivity contribution >= 4 is 35.0 Å². The lowest BCUT2D eigenvalue weighted by Gasteiger charge is -2.10. The molecule has 122 valence electrons. The Balaban J connectivity index is 1.82. The molecule has 0 radical (unpaired) electrons. The zero-order chi connectivity index (χ0) is 16.5. The topological polar surface area (TPSA) is 59.6 Å². The molecule has 0 unspecified atom stereocenters. The molecule has 0 spiro atoms. The molecule has 0 heterocycles. The van der Waals surface area contributed by atoms with Gasteiger partial charge >= 0.3 is 0 Å². The van der Waals surface area contributed by atoms with E-state index in [4.69, 9.17) is 22.1 Å². The molecule has 0 aliphatic rings. The van der Waals surface area contributed by atoms with Gasteiger partial charge in [-0.1, -0.05) is 29.8 Å². The van der Waals surface area contributed by atoms with Crippen molar-refractivity contribution in [2.24, 2.45) is 10.7 Å². The van der Waals surface area contributed by atoms with Crippen LogP contribution < -0.4 is 11.1 Å². The molecule has 4 nitrogen and oxygen atoms in total. The van der Waals surface area contributed by atoms with Crippen LogP contribution in [0.25, 0.3) is 0 Å². The van der Waals surface area contributed by atoms with Crippen molar-refractivity contribution in [2.75, 3.05) is 24.7 Å². The summed E-state index contributed by atoms with van der Waals surface area (Å²) in [5.74, 6) is 1.26. The standard InChI is InChI=1S/C17H20ClN3OS/c1-22-12-13-4-2-3-5-16(13)21-17(19)20-10-11-23-15-8-6-14(18)7-9-15/h2-9H,10-12H2,1H3,(H3,19,20,21). The summed E-state index contributed by atoms with van der Waals surface area (Å²) in [4.78, 5) is 5.52. The summed E-state index contributed by atoms with van der Waals surface area (Å²) in [5.41, 5.74) is 7.90. The maximum Gasteiger partial charge on any atom is 0.193 e. The van der Waals surface area contributed by atoms with Gasteiger partial charge in [-0.2, -0.15) is 0 Å². The van der Waals surface area contributed by atoms with Gasteiger partial charge in [-0.05, 0) is 30.3 Å². The zero-order valence-electron chi connectivity index (χ0n) is 13.0. The number of nitrogens with two attached hydrogens (primary N) is 1. The van der Waals surface area contributed by atoms with Gasteiger partial charge in [0.05, 0.1) is 13.2 Å². The van der Waals surface area contributed by atoms with Gasteiger partial charge in [-0.3, -0.25) is 4.99 Å². The lowest BCUT2D eigenvalue weighted by Crippen LogP contribution is -2.23. The van der Waals surface area contributed by atoms with Gasteiger partial charge in [0.2, 0.25) is 0 Å². The number of methoxy groups -OCH3 is 1. The van der Waals surface area contributed by atoms with Crippen LogP contribution in [0.2, 0.25) is 5.02 Å². The molecular weight excluding hydrogens is 330 g/mol. The predicted octanol–water partition coefficient (Wildman–Crippen LogP) is 4.01. The van der Waals surface area contributed by atoms with Gasteiger partial charge in [-0.15, -0.1) is 11.8 Å². The lowest BCUT2D eigenvalue weighted by molar-refractivity contribution is 0.185. The number of benzene rings is 2. The lowest BCUT2D eigenvalue weighted by atomic mass is 10.2. The SMILES string of the molecule is COCc1ccccc1NC(N)=NCCSc1ccc(Cl)cc1. The van der Waals surface area contributed by atoms with E-state index < -0.39 is 0 Å². The van der Waals surface area contributed by atoms with E-state index in [9.17, 15) is 0 Å². The molecule has 23 heavy (non-hydrogen) atoms. The summed E-state index contributed by atoms with van der Waals surface area (Å²) < 4.78 is 5.17. The first-order valence-corrected chi connectivity index (χ1v) is 8.57. The van der Waals surface area contributed by atoms with Crippen molar-refractivity contribution in [2.45, 2.75) is 11.5 Å². The first kappa shape index (κ1) is 17.7. The van der Waals surface area contributed by atoms with Crippen LogP contribution in [0.5, 0.6) is 0 Å². The molecule has 0 aliphatic carbocycles. The largest absolute Gasteiger partial charge is 0.380 e. The summed E-state index contributed by atoms with van der Waals surface area (Å²) in [7, 11) is 1.67.